The zero-order valence-electron chi connectivity index (χ0n) is 14.6. The van der Waals surface area contributed by atoms with Gasteiger partial charge in [-0.15, -0.1) is 0 Å². The number of rotatable bonds is 3. The van der Waals surface area contributed by atoms with Crippen molar-refractivity contribution >= 4 is 22.6 Å². The van der Waals surface area contributed by atoms with Crippen LogP contribution in [0.2, 0.25) is 0 Å². The molecular weight excluding hydrogens is 370 g/mol. The van der Waals surface area contributed by atoms with E-state index in [9.17, 15) is 13.9 Å². The van der Waals surface area contributed by atoms with Gasteiger partial charge in [0.1, 0.15) is 17.2 Å². The SMILES string of the molecule is OC[C@H]1C[C@H]2CSC(Nc3ccccc3)=N[C@@]2(c2ccc(F)cc2F)CO1. The number of anilines is 1. The highest BCUT2D eigenvalue weighted by Gasteiger charge is 2.49. The number of aliphatic imine (C=N–C) groups is 1. The third kappa shape index (κ3) is 3.59. The molecule has 0 unspecified atom stereocenters. The molecule has 1 saturated heterocycles. The Balaban J connectivity index is 1.74. The van der Waals surface area contributed by atoms with Gasteiger partial charge < -0.3 is 15.2 Å². The molecule has 2 aliphatic rings. The number of thioether (sulfide) groups is 1. The van der Waals surface area contributed by atoms with Crippen molar-refractivity contribution in [2.24, 2.45) is 10.9 Å². The van der Waals surface area contributed by atoms with Gasteiger partial charge in [-0.25, -0.2) is 13.8 Å². The van der Waals surface area contributed by atoms with E-state index in [2.05, 4.69) is 5.32 Å². The first-order chi connectivity index (χ1) is 13.1. The number of nitrogens with one attached hydrogen (secondary N) is 1. The number of hydrogen-bond donors (Lipinski definition) is 2. The van der Waals surface area contributed by atoms with E-state index in [0.29, 0.717) is 22.9 Å². The van der Waals surface area contributed by atoms with Gasteiger partial charge in [-0.3, -0.25) is 0 Å². The molecule has 2 aliphatic heterocycles. The topological polar surface area (TPSA) is 53.8 Å². The predicted octanol–water partition coefficient (Wildman–Crippen LogP) is 3.77. The molecule has 2 N–H and O–H groups in total. The minimum absolute atomic E-state index is 0.0188. The highest BCUT2D eigenvalue weighted by Crippen LogP contribution is 2.47. The number of aliphatic hydroxyl groups is 1. The molecular formula is C20H20F2N2O2S. The number of fused-ring (bicyclic) bond motifs is 1. The van der Waals surface area contributed by atoms with Gasteiger partial charge >= 0.3 is 0 Å². The van der Waals surface area contributed by atoms with E-state index in [4.69, 9.17) is 9.73 Å². The highest BCUT2D eigenvalue weighted by atomic mass is 32.2. The van der Waals surface area contributed by atoms with Crippen LogP contribution in [0, 0.1) is 17.6 Å². The molecule has 0 amide bonds. The number of para-hydroxylation sites is 1. The fourth-order valence-electron chi connectivity index (χ4n) is 3.70. The monoisotopic (exact) mass is 390 g/mol. The Morgan fingerprint density at radius 2 is 2.04 bits per heavy atom. The van der Waals surface area contributed by atoms with Crippen molar-refractivity contribution in [1.82, 2.24) is 0 Å². The van der Waals surface area contributed by atoms with Crippen LogP contribution >= 0.6 is 11.8 Å². The minimum atomic E-state index is -0.939. The first-order valence-electron chi connectivity index (χ1n) is 8.83. The normalized spacial score (nSPS) is 27.6. The summed E-state index contributed by atoms with van der Waals surface area (Å²) in [6.07, 6.45) is 0.286. The van der Waals surface area contributed by atoms with E-state index in [1.165, 1.54) is 12.1 Å². The van der Waals surface area contributed by atoms with E-state index in [1.54, 1.807) is 11.8 Å². The van der Waals surface area contributed by atoms with Gasteiger partial charge in [0.05, 0.1) is 19.3 Å². The van der Waals surface area contributed by atoms with Crippen LogP contribution < -0.4 is 5.32 Å². The Labute approximate surface area is 160 Å². The van der Waals surface area contributed by atoms with E-state index in [1.807, 2.05) is 30.3 Å². The average molecular weight is 390 g/mol. The summed E-state index contributed by atoms with van der Waals surface area (Å²) in [6, 6.07) is 13.2. The molecule has 2 aromatic carbocycles. The summed E-state index contributed by atoms with van der Waals surface area (Å²) in [5.74, 6) is -0.559. The second kappa shape index (κ2) is 7.58. The Morgan fingerprint density at radius 3 is 2.78 bits per heavy atom. The fourth-order valence-corrected chi connectivity index (χ4v) is 4.89. The second-order valence-corrected chi connectivity index (χ2v) is 7.82. The second-order valence-electron chi connectivity index (χ2n) is 6.82. The van der Waals surface area contributed by atoms with Crippen LogP contribution in [0.3, 0.4) is 0 Å². The summed E-state index contributed by atoms with van der Waals surface area (Å²) >= 11 is 1.56. The molecule has 1 fully saturated rings. The van der Waals surface area contributed by atoms with Crippen molar-refractivity contribution in [3.8, 4) is 0 Å². The standard InChI is InChI=1S/C20H20F2N2O2S/c21-14-6-7-17(18(22)9-14)20-12-26-16(10-25)8-13(20)11-27-19(24-20)23-15-4-2-1-3-5-15/h1-7,9,13,16,25H,8,10-12H2,(H,23,24)/t13-,16+,20-/m0/s1. The molecule has 0 radical (unpaired) electrons. The molecule has 0 saturated carbocycles. The maximum Gasteiger partial charge on any atom is 0.162 e. The van der Waals surface area contributed by atoms with Gasteiger partial charge in [-0.1, -0.05) is 36.0 Å². The van der Waals surface area contributed by atoms with Crippen molar-refractivity contribution in [1.29, 1.82) is 0 Å². The number of halogens is 2. The molecule has 0 bridgehead atoms. The van der Waals surface area contributed by atoms with Crippen LogP contribution in [-0.4, -0.2) is 35.3 Å². The molecule has 2 heterocycles. The Morgan fingerprint density at radius 1 is 1.22 bits per heavy atom. The highest BCUT2D eigenvalue weighted by molar-refractivity contribution is 8.14. The third-order valence-electron chi connectivity index (χ3n) is 5.11. The van der Waals surface area contributed by atoms with Crippen molar-refractivity contribution in [2.45, 2.75) is 18.1 Å². The average Bonchev–Trinajstić information content (AvgIpc) is 2.68. The molecule has 0 spiro atoms. The smallest absolute Gasteiger partial charge is 0.162 e. The molecule has 27 heavy (non-hydrogen) atoms. The van der Waals surface area contributed by atoms with Crippen LogP contribution in [0.1, 0.15) is 12.0 Å². The van der Waals surface area contributed by atoms with Gasteiger partial charge in [0.15, 0.2) is 5.17 Å². The molecule has 3 atom stereocenters. The molecule has 0 aromatic heterocycles. The number of aliphatic hydroxyl groups excluding tert-OH is 1. The Kier molecular flexibility index (Phi) is 5.16. The quantitative estimate of drug-likeness (QED) is 0.838. The Bertz CT molecular complexity index is 849. The number of hydrogen-bond acceptors (Lipinski definition) is 5. The summed E-state index contributed by atoms with van der Waals surface area (Å²) in [7, 11) is 0. The maximum atomic E-state index is 14.7. The largest absolute Gasteiger partial charge is 0.394 e. The lowest BCUT2D eigenvalue weighted by Gasteiger charge is -2.46. The lowest BCUT2D eigenvalue weighted by molar-refractivity contribution is -0.0770. The molecule has 7 heteroatoms. The first kappa shape index (κ1) is 18.4. The maximum absolute atomic E-state index is 14.7. The minimum Gasteiger partial charge on any atom is -0.394 e. The number of ether oxygens (including phenoxy) is 1. The summed E-state index contributed by atoms with van der Waals surface area (Å²) < 4.78 is 33.9. The van der Waals surface area contributed by atoms with Crippen molar-refractivity contribution in [3.63, 3.8) is 0 Å². The summed E-state index contributed by atoms with van der Waals surface area (Å²) in [4.78, 5) is 4.86. The zero-order valence-corrected chi connectivity index (χ0v) is 15.4. The predicted molar refractivity (Wildman–Crippen MR) is 103 cm³/mol. The molecule has 4 rings (SSSR count). The first-order valence-corrected chi connectivity index (χ1v) is 9.82. The number of nitrogens with zero attached hydrogens (tertiary/aromatic N) is 1. The van der Waals surface area contributed by atoms with Gasteiger partial charge in [0.25, 0.3) is 0 Å². The summed E-state index contributed by atoms with van der Waals surface area (Å²) in [5, 5.41) is 13.4. The fraction of sp³-hybridized carbons (Fsp3) is 0.350. The van der Waals surface area contributed by atoms with E-state index in [0.717, 1.165) is 11.8 Å². The lowest BCUT2D eigenvalue weighted by Crippen LogP contribution is -2.51. The zero-order chi connectivity index (χ0) is 18.9. The molecule has 4 nitrogen and oxygen atoms in total. The van der Waals surface area contributed by atoms with Gasteiger partial charge in [-0.2, -0.15) is 0 Å². The number of benzene rings is 2. The van der Waals surface area contributed by atoms with Crippen LogP contribution in [0.15, 0.2) is 53.5 Å². The third-order valence-corrected chi connectivity index (χ3v) is 6.15. The van der Waals surface area contributed by atoms with E-state index in [-0.39, 0.29) is 25.2 Å². The van der Waals surface area contributed by atoms with Crippen molar-refractivity contribution in [2.75, 3.05) is 24.3 Å². The van der Waals surface area contributed by atoms with Crippen molar-refractivity contribution in [3.05, 3.63) is 65.7 Å². The molecule has 2 aromatic rings. The molecule has 142 valence electrons. The van der Waals surface area contributed by atoms with E-state index < -0.39 is 17.2 Å². The summed E-state index contributed by atoms with van der Waals surface area (Å²) in [6.45, 7) is 0.0635. The van der Waals surface area contributed by atoms with Crippen LogP contribution in [0.25, 0.3) is 0 Å². The summed E-state index contributed by atoms with van der Waals surface area (Å²) in [5.41, 5.74) is 0.283. The van der Waals surface area contributed by atoms with Crippen LogP contribution in [0.4, 0.5) is 14.5 Å². The number of amidine groups is 1. The van der Waals surface area contributed by atoms with Crippen LogP contribution in [-0.2, 0) is 10.3 Å². The van der Waals surface area contributed by atoms with Gasteiger partial charge in [-0.05, 0) is 24.6 Å². The van der Waals surface area contributed by atoms with Crippen molar-refractivity contribution < 1.29 is 18.6 Å². The van der Waals surface area contributed by atoms with E-state index >= 15 is 0 Å². The van der Waals surface area contributed by atoms with Gasteiger partial charge in [0.2, 0.25) is 0 Å². The van der Waals surface area contributed by atoms with Crippen LogP contribution in [0.5, 0.6) is 0 Å². The molecule has 0 aliphatic carbocycles. The Hall–Kier alpha value is -1.96. The van der Waals surface area contributed by atoms with Gasteiger partial charge in [0, 0.05) is 29.0 Å². The lowest BCUT2D eigenvalue weighted by atomic mass is 9.75.